The SMILES string of the molecule is Cc1ccc(SCc2ccc(C(=O)N3[C@H]4CC[C@H]3CC(Oc3cccc(C#N)c3)C4)cc2)cc1C. The number of thioether (sulfide) groups is 1. The molecule has 0 unspecified atom stereocenters. The van der Waals surface area contributed by atoms with Crippen LogP contribution in [0.4, 0.5) is 0 Å². The molecule has 1 amide bonds. The number of aryl methyl sites for hydroxylation is 2. The lowest BCUT2D eigenvalue weighted by Gasteiger charge is -2.39. The van der Waals surface area contributed by atoms with Crippen molar-refractivity contribution in [1.29, 1.82) is 5.26 Å². The number of rotatable bonds is 6. The van der Waals surface area contributed by atoms with Crippen molar-refractivity contribution in [2.45, 2.75) is 68.4 Å². The summed E-state index contributed by atoms with van der Waals surface area (Å²) in [6.07, 6.45) is 3.81. The molecule has 0 spiro atoms. The molecule has 3 aromatic rings. The number of benzene rings is 3. The molecule has 35 heavy (non-hydrogen) atoms. The van der Waals surface area contributed by atoms with Gasteiger partial charge in [0.15, 0.2) is 0 Å². The Morgan fingerprint density at radius 1 is 1.00 bits per heavy atom. The minimum absolute atomic E-state index is 0.0790. The Hall–Kier alpha value is -3.23. The molecule has 2 heterocycles. The number of carbonyl (C=O) groups excluding carboxylic acids is 1. The molecule has 2 atom stereocenters. The van der Waals surface area contributed by atoms with E-state index in [4.69, 9.17) is 10.00 Å². The van der Waals surface area contributed by atoms with Crippen LogP contribution in [0.3, 0.4) is 0 Å². The number of carbonyl (C=O) groups is 1. The monoisotopic (exact) mass is 482 g/mol. The van der Waals surface area contributed by atoms with Gasteiger partial charge in [-0.05, 0) is 85.8 Å². The number of nitrogens with zero attached hydrogens (tertiary/aromatic N) is 2. The summed E-state index contributed by atoms with van der Waals surface area (Å²) < 4.78 is 6.21. The van der Waals surface area contributed by atoms with Gasteiger partial charge in [0.2, 0.25) is 0 Å². The first-order valence-corrected chi connectivity index (χ1v) is 13.3. The van der Waals surface area contributed by atoms with Crippen LogP contribution < -0.4 is 4.74 Å². The number of hydrogen-bond donors (Lipinski definition) is 0. The van der Waals surface area contributed by atoms with Crippen LogP contribution in [-0.2, 0) is 5.75 Å². The van der Waals surface area contributed by atoms with E-state index in [1.807, 2.05) is 36.0 Å². The smallest absolute Gasteiger partial charge is 0.254 e. The number of hydrogen-bond acceptors (Lipinski definition) is 4. The second kappa shape index (κ2) is 10.2. The molecule has 0 N–H and O–H groups in total. The maximum Gasteiger partial charge on any atom is 0.254 e. The van der Waals surface area contributed by atoms with Crippen molar-refractivity contribution < 1.29 is 9.53 Å². The number of ether oxygens (including phenoxy) is 1. The first kappa shape index (κ1) is 23.5. The van der Waals surface area contributed by atoms with Crippen LogP contribution in [0.2, 0.25) is 0 Å². The predicted molar refractivity (Wildman–Crippen MR) is 140 cm³/mol. The summed E-state index contributed by atoms with van der Waals surface area (Å²) in [6, 6.07) is 24.6. The zero-order valence-electron chi connectivity index (χ0n) is 20.2. The maximum absolute atomic E-state index is 13.4. The van der Waals surface area contributed by atoms with Crippen LogP contribution in [0.15, 0.2) is 71.6 Å². The van der Waals surface area contributed by atoms with Gasteiger partial charge in [-0.2, -0.15) is 5.26 Å². The van der Waals surface area contributed by atoms with E-state index in [1.165, 1.54) is 21.6 Å². The van der Waals surface area contributed by atoms with Crippen LogP contribution in [0.25, 0.3) is 0 Å². The number of nitriles is 1. The number of amides is 1. The summed E-state index contributed by atoms with van der Waals surface area (Å²) in [5.41, 5.74) is 5.22. The van der Waals surface area contributed by atoms with Gasteiger partial charge in [-0.1, -0.05) is 24.3 Å². The van der Waals surface area contributed by atoms with Gasteiger partial charge in [-0.3, -0.25) is 4.79 Å². The summed E-state index contributed by atoms with van der Waals surface area (Å²) in [5, 5.41) is 9.13. The first-order chi connectivity index (χ1) is 17.0. The van der Waals surface area contributed by atoms with Crippen LogP contribution in [0.5, 0.6) is 5.75 Å². The van der Waals surface area contributed by atoms with Gasteiger partial charge in [-0.25, -0.2) is 0 Å². The Balaban J connectivity index is 1.19. The molecule has 2 aliphatic rings. The second-order valence-corrected chi connectivity index (χ2v) is 10.7. The molecule has 0 radical (unpaired) electrons. The molecule has 2 saturated heterocycles. The Morgan fingerprint density at radius 2 is 1.74 bits per heavy atom. The average molecular weight is 483 g/mol. The molecule has 5 rings (SSSR count). The molecular formula is C30H30N2O2S. The fourth-order valence-electron chi connectivity index (χ4n) is 5.25. The van der Waals surface area contributed by atoms with Crippen LogP contribution in [0.1, 0.15) is 58.3 Å². The minimum Gasteiger partial charge on any atom is -0.490 e. The molecule has 0 saturated carbocycles. The van der Waals surface area contributed by atoms with E-state index in [-0.39, 0.29) is 24.1 Å². The van der Waals surface area contributed by atoms with E-state index < -0.39 is 0 Å². The van der Waals surface area contributed by atoms with E-state index in [0.717, 1.165) is 42.7 Å². The Labute approximate surface area is 211 Å². The highest BCUT2D eigenvalue weighted by atomic mass is 32.2. The van der Waals surface area contributed by atoms with Crippen molar-refractivity contribution in [2.75, 3.05) is 0 Å². The summed E-state index contributed by atoms with van der Waals surface area (Å²) >= 11 is 1.83. The second-order valence-electron chi connectivity index (χ2n) is 9.68. The third-order valence-corrected chi connectivity index (χ3v) is 8.34. The Kier molecular flexibility index (Phi) is 6.83. The topological polar surface area (TPSA) is 53.3 Å². The molecule has 178 valence electrons. The zero-order valence-corrected chi connectivity index (χ0v) is 21.1. The number of fused-ring (bicyclic) bond motifs is 2. The van der Waals surface area contributed by atoms with Crippen molar-refractivity contribution >= 4 is 17.7 Å². The van der Waals surface area contributed by atoms with Gasteiger partial charge in [-0.15, -0.1) is 11.8 Å². The molecule has 2 bridgehead atoms. The summed E-state index contributed by atoms with van der Waals surface area (Å²) in [4.78, 5) is 16.8. The van der Waals surface area contributed by atoms with Crippen molar-refractivity contribution in [1.82, 2.24) is 4.90 Å². The fourth-order valence-corrected chi connectivity index (χ4v) is 6.20. The molecule has 0 aliphatic carbocycles. The van der Waals surface area contributed by atoms with E-state index >= 15 is 0 Å². The van der Waals surface area contributed by atoms with Gasteiger partial charge in [0.25, 0.3) is 5.91 Å². The minimum atomic E-state index is 0.0790. The molecule has 2 fully saturated rings. The standard InChI is InChI=1S/C30H30N2O2S/c1-20-6-13-29(14-21(20)2)35-19-22-7-9-24(10-8-22)30(33)32-25-11-12-26(32)17-28(16-25)34-27-5-3-4-23(15-27)18-31/h3-10,13-15,25-26,28H,11-12,16-17,19H2,1-2H3/t25-,26-/m0/s1. The molecule has 5 heteroatoms. The Bertz CT molecular complexity index is 1250. The molecule has 2 aliphatic heterocycles. The van der Waals surface area contributed by atoms with Gasteiger partial charge in [0, 0.05) is 41.1 Å². The molecule has 3 aromatic carbocycles. The third kappa shape index (κ3) is 5.23. The summed E-state index contributed by atoms with van der Waals surface area (Å²) in [7, 11) is 0. The Morgan fingerprint density at radius 3 is 2.43 bits per heavy atom. The lowest BCUT2D eigenvalue weighted by atomic mass is 9.98. The van der Waals surface area contributed by atoms with Gasteiger partial charge in [0.1, 0.15) is 11.9 Å². The lowest BCUT2D eigenvalue weighted by Crippen LogP contribution is -2.49. The highest BCUT2D eigenvalue weighted by molar-refractivity contribution is 7.98. The van der Waals surface area contributed by atoms with E-state index in [1.54, 1.807) is 12.1 Å². The van der Waals surface area contributed by atoms with Gasteiger partial charge in [0.05, 0.1) is 11.6 Å². The van der Waals surface area contributed by atoms with Crippen LogP contribution in [0, 0.1) is 25.2 Å². The molecule has 0 aromatic heterocycles. The lowest BCUT2D eigenvalue weighted by molar-refractivity contribution is 0.0359. The zero-order chi connectivity index (χ0) is 24.4. The fraction of sp³-hybridized carbons (Fsp3) is 0.333. The van der Waals surface area contributed by atoms with E-state index in [2.05, 4.69) is 55.1 Å². The van der Waals surface area contributed by atoms with Crippen molar-refractivity contribution in [3.8, 4) is 11.8 Å². The van der Waals surface area contributed by atoms with Crippen LogP contribution in [-0.4, -0.2) is 29.0 Å². The largest absolute Gasteiger partial charge is 0.490 e. The quantitative estimate of drug-likeness (QED) is 0.368. The number of piperidine rings is 1. The predicted octanol–water partition coefficient (Wildman–Crippen LogP) is 6.68. The molecular weight excluding hydrogens is 452 g/mol. The van der Waals surface area contributed by atoms with E-state index in [0.29, 0.717) is 5.56 Å². The molecule has 4 nitrogen and oxygen atoms in total. The average Bonchev–Trinajstić information content (AvgIpc) is 3.14. The van der Waals surface area contributed by atoms with E-state index in [9.17, 15) is 4.79 Å². The van der Waals surface area contributed by atoms with Gasteiger partial charge >= 0.3 is 0 Å². The maximum atomic E-state index is 13.4. The van der Waals surface area contributed by atoms with Crippen molar-refractivity contribution in [2.24, 2.45) is 0 Å². The highest BCUT2D eigenvalue weighted by Crippen LogP contribution is 2.38. The normalized spacial score (nSPS) is 20.9. The highest BCUT2D eigenvalue weighted by Gasteiger charge is 2.44. The summed E-state index contributed by atoms with van der Waals surface area (Å²) in [6.45, 7) is 4.28. The summed E-state index contributed by atoms with van der Waals surface area (Å²) in [5.74, 6) is 1.76. The van der Waals surface area contributed by atoms with Crippen molar-refractivity contribution in [3.63, 3.8) is 0 Å². The third-order valence-electron chi connectivity index (χ3n) is 7.27. The van der Waals surface area contributed by atoms with Crippen molar-refractivity contribution in [3.05, 3.63) is 94.5 Å². The van der Waals surface area contributed by atoms with Crippen LogP contribution >= 0.6 is 11.8 Å². The van der Waals surface area contributed by atoms with Gasteiger partial charge < -0.3 is 9.64 Å². The first-order valence-electron chi connectivity index (χ1n) is 12.3.